The second-order valence-corrected chi connectivity index (χ2v) is 13.8. The van der Waals surface area contributed by atoms with Gasteiger partial charge in [-0.1, -0.05) is 29.4 Å². The van der Waals surface area contributed by atoms with Crippen LogP contribution in [0, 0.1) is 23.7 Å². The topological polar surface area (TPSA) is 223 Å². The van der Waals surface area contributed by atoms with E-state index in [0.717, 1.165) is 32.6 Å². The van der Waals surface area contributed by atoms with Crippen molar-refractivity contribution in [3.63, 3.8) is 0 Å². The summed E-state index contributed by atoms with van der Waals surface area (Å²) in [6.45, 7) is 3.91. The van der Waals surface area contributed by atoms with Crippen molar-refractivity contribution in [3.8, 4) is 11.5 Å². The first-order valence-corrected chi connectivity index (χ1v) is 17.8. The Bertz CT molecular complexity index is 1830. The summed E-state index contributed by atoms with van der Waals surface area (Å²) >= 11 is 0. The molecule has 55 heavy (non-hydrogen) atoms. The number of fused-ring (bicyclic) bond motifs is 3. The SMILES string of the molecule is CC(=O)OC[C@H]1O[C@@H](O/N=C2\C[C@@H](O)[C@@H](O)[C@@H]3[C@@H]4C(=O)N(c5cccc(Oc6ccccc6)c5)C(=O)[C@@H]4CC[C@H]23)C(OC(C)=O)[C@@H](OC(C)=O)C1OC(C)=O. The van der Waals surface area contributed by atoms with Gasteiger partial charge in [0.25, 0.3) is 6.29 Å². The average Bonchev–Trinajstić information content (AvgIpc) is 3.39. The highest BCUT2D eigenvalue weighted by atomic mass is 16.8. The Hall–Kier alpha value is -5.39. The number of amides is 2. The molecule has 4 aliphatic rings. The lowest BCUT2D eigenvalue weighted by molar-refractivity contribution is -0.308. The van der Waals surface area contributed by atoms with E-state index in [-0.39, 0.29) is 18.6 Å². The van der Waals surface area contributed by atoms with Gasteiger partial charge in [-0.05, 0) is 37.1 Å². The summed E-state index contributed by atoms with van der Waals surface area (Å²) in [6, 6.07) is 15.5. The van der Waals surface area contributed by atoms with Crippen molar-refractivity contribution >= 4 is 47.1 Å². The Labute approximate surface area is 315 Å². The molecule has 2 N–H and O–H groups in total. The summed E-state index contributed by atoms with van der Waals surface area (Å²) in [6.07, 6.45) is -9.84. The van der Waals surface area contributed by atoms with Crippen molar-refractivity contribution in [2.75, 3.05) is 11.5 Å². The first kappa shape index (κ1) is 39.3. The molecule has 2 heterocycles. The fourth-order valence-corrected chi connectivity index (χ4v) is 7.93. The first-order chi connectivity index (χ1) is 26.2. The number of aliphatic hydroxyl groups excluding tert-OH is 2. The van der Waals surface area contributed by atoms with Crippen LogP contribution in [-0.2, 0) is 57.3 Å². The molecule has 4 fully saturated rings. The molecule has 2 aliphatic heterocycles. The van der Waals surface area contributed by atoms with E-state index in [1.165, 1.54) is 0 Å². The molecule has 2 saturated carbocycles. The molecule has 11 atom stereocenters. The van der Waals surface area contributed by atoms with Crippen LogP contribution in [-0.4, -0.2) is 101 Å². The predicted molar refractivity (Wildman–Crippen MR) is 186 cm³/mol. The third-order valence-electron chi connectivity index (χ3n) is 10.1. The van der Waals surface area contributed by atoms with E-state index in [2.05, 4.69) is 5.16 Å². The summed E-state index contributed by atoms with van der Waals surface area (Å²) in [4.78, 5) is 83.2. The third kappa shape index (κ3) is 8.48. The van der Waals surface area contributed by atoms with Crippen molar-refractivity contribution in [2.24, 2.45) is 28.8 Å². The number of benzene rings is 2. The van der Waals surface area contributed by atoms with E-state index >= 15 is 0 Å². The number of rotatable bonds is 10. The molecule has 294 valence electrons. The van der Waals surface area contributed by atoms with Crippen molar-refractivity contribution in [1.29, 1.82) is 0 Å². The first-order valence-electron chi connectivity index (χ1n) is 17.8. The van der Waals surface area contributed by atoms with Gasteiger partial charge in [-0.3, -0.25) is 28.8 Å². The van der Waals surface area contributed by atoms with Gasteiger partial charge >= 0.3 is 23.9 Å². The summed E-state index contributed by atoms with van der Waals surface area (Å²) < 4.78 is 33.3. The Morgan fingerprint density at radius 2 is 1.42 bits per heavy atom. The number of esters is 4. The van der Waals surface area contributed by atoms with Gasteiger partial charge in [-0.2, -0.15) is 0 Å². The van der Waals surface area contributed by atoms with Crippen LogP contribution in [0.3, 0.4) is 0 Å². The van der Waals surface area contributed by atoms with Crippen molar-refractivity contribution in [1.82, 2.24) is 0 Å². The molecule has 0 bridgehead atoms. The lowest BCUT2D eigenvalue weighted by Crippen LogP contribution is -2.62. The minimum Gasteiger partial charge on any atom is -0.463 e. The molecule has 0 aromatic heterocycles. The van der Waals surface area contributed by atoms with Gasteiger partial charge in [0.15, 0.2) is 12.2 Å². The summed E-state index contributed by atoms with van der Waals surface area (Å²) in [5.74, 6) is -6.57. The Morgan fingerprint density at radius 3 is 2.09 bits per heavy atom. The smallest absolute Gasteiger partial charge is 0.303 e. The van der Waals surface area contributed by atoms with Gasteiger partial charge < -0.3 is 43.5 Å². The molecule has 0 spiro atoms. The van der Waals surface area contributed by atoms with Crippen LogP contribution in [0.25, 0.3) is 0 Å². The molecular formula is C38H42N2O15. The van der Waals surface area contributed by atoms with Crippen molar-refractivity contribution < 1.29 is 72.2 Å². The molecule has 2 unspecified atom stereocenters. The summed E-state index contributed by atoms with van der Waals surface area (Å²) in [5, 5.41) is 26.7. The maximum absolute atomic E-state index is 14.2. The number of hydrogen-bond donors (Lipinski definition) is 2. The number of para-hydroxylation sites is 1. The Balaban J connectivity index is 1.28. The van der Waals surface area contributed by atoms with Gasteiger partial charge in [0.05, 0.1) is 35.4 Å². The molecule has 6 rings (SSSR count). The average molecular weight is 767 g/mol. The number of aliphatic hydroxyl groups is 2. The monoisotopic (exact) mass is 766 g/mol. The maximum atomic E-state index is 14.2. The van der Waals surface area contributed by atoms with E-state index in [0.29, 0.717) is 23.6 Å². The van der Waals surface area contributed by atoms with Crippen molar-refractivity contribution in [3.05, 3.63) is 54.6 Å². The number of carbonyl (C=O) groups is 6. The quantitative estimate of drug-likeness (QED) is 0.153. The standard InChI is InChI=1S/C38H42N2O15/c1-18(41)49-17-29-33(50-19(2)42)34(51-20(3)43)35(52-21(4)44)38(54-29)55-39-27-16-28(45)32(46)30-25(27)13-14-26-31(30)37(48)40(36(26)47)22-9-8-12-24(15-22)53-23-10-6-5-7-11-23/h5-12,15,25-26,28-35,38,45-46H,13-14,16-17H2,1-4H3/b39-27+/t25-,26-,28-,29-,30+,31-,32-,33?,34+,35?,38+/m1/s1. The van der Waals surface area contributed by atoms with E-state index < -0.39 is 109 Å². The third-order valence-corrected chi connectivity index (χ3v) is 10.1. The van der Waals surface area contributed by atoms with Crippen LogP contribution in [0.2, 0.25) is 0 Å². The number of nitrogens with zero attached hydrogens (tertiary/aromatic N) is 2. The van der Waals surface area contributed by atoms with Crippen molar-refractivity contribution in [2.45, 2.75) is 89.9 Å². The van der Waals surface area contributed by atoms with Crippen LogP contribution in [0.1, 0.15) is 47.0 Å². The molecule has 2 aliphatic carbocycles. The number of carbonyl (C=O) groups excluding carboxylic acids is 6. The van der Waals surface area contributed by atoms with Gasteiger partial charge in [-0.15, -0.1) is 0 Å². The molecule has 17 heteroatoms. The van der Waals surface area contributed by atoms with Crippen LogP contribution in [0.4, 0.5) is 5.69 Å². The molecular weight excluding hydrogens is 724 g/mol. The maximum Gasteiger partial charge on any atom is 0.303 e. The van der Waals surface area contributed by atoms with Gasteiger partial charge in [0, 0.05) is 52.0 Å². The molecule has 2 saturated heterocycles. The zero-order valence-electron chi connectivity index (χ0n) is 30.5. The van der Waals surface area contributed by atoms with Crippen LogP contribution < -0.4 is 9.64 Å². The lowest BCUT2D eigenvalue weighted by Gasteiger charge is -2.46. The molecule has 2 amide bonds. The van der Waals surface area contributed by atoms with Crippen LogP contribution in [0.5, 0.6) is 11.5 Å². The number of anilines is 1. The second kappa shape index (κ2) is 16.5. The highest BCUT2D eigenvalue weighted by Crippen LogP contribution is 2.50. The lowest BCUT2D eigenvalue weighted by atomic mass is 9.60. The minimum absolute atomic E-state index is 0.185. The predicted octanol–water partition coefficient (Wildman–Crippen LogP) is 2.19. The van der Waals surface area contributed by atoms with E-state index in [1.54, 1.807) is 36.4 Å². The number of hydrogen-bond acceptors (Lipinski definition) is 16. The molecule has 2 aromatic rings. The summed E-state index contributed by atoms with van der Waals surface area (Å²) in [7, 11) is 0. The van der Waals surface area contributed by atoms with Crippen LogP contribution in [0.15, 0.2) is 59.8 Å². The number of imide groups is 1. The van der Waals surface area contributed by atoms with Gasteiger partial charge in [-0.25, -0.2) is 4.90 Å². The summed E-state index contributed by atoms with van der Waals surface area (Å²) in [5.41, 5.74) is 0.521. The Kier molecular flexibility index (Phi) is 11.8. The Morgan fingerprint density at radius 1 is 0.782 bits per heavy atom. The fourth-order valence-electron chi connectivity index (χ4n) is 7.93. The normalized spacial score (nSPS) is 32.1. The van der Waals surface area contributed by atoms with Gasteiger partial charge in [0.2, 0.25) is 17.9 Å². The van der Waals surface area contributed by atoms with Crippen LogP contribution >= 0.6 is 0 Å². The number of ether oxygens (including phenoxy) is 6. The number of oxime groups is 1. The minimum atomic E-state index is -1.64. The van der Waals surface area contributed by atoms with E-state index in [9.17, 15) is 39.0 Å². The zero-order valence-corrected chi connectivity index (χ0v) is 30.5. The van der Waals surface area contributed by atoms with E-state index in [4.69, 9.17) is 33.3 Å². The highest BCUT2D eigenvalue weighted by Gasteiger charge is 2.60. The molecule has 17 nitrogen and oxygen atoms in total. The largest absolute Gasteiger partial charge is 0.463 e. The van der Waals surface area contributed by atoms with E-state index in [1.807, 2.05) is 18.2 Å². The molecule has 2 aromatic carbocycles. The van der Waals surface area contributed by atoms with Gasteiger partial charge in [0.1, 0.15) is 24.2 Å². The highest BCUT2D eigenvalue weighted by molar-refractivity contribution is 6.22. The zero-order chi connectivity index (χ0) is 39.6. The molecule has 0 radical (unpaired) electrons. The second-order valence-electron chi connectivity index (χ2n) is 13.8. The fraction of sp³-hybridized carbons (Fsp3) is 0.500.